The van der Waals surface area contributed by atoms with Crippen LogP contribution in [0.3, 0.4) is 0 Å². The van der Waals surface area contributed by atoms with E-state index in [2.05, 4.69) is 10.3 Å². The molecule has 1 heterocycles. The predicted octanol–water partition coefficient (Wildman–Crippen LogP) is 4.10. The quantitative estimate of drug-likeness (QED) is 0.633. The Labute approximate surface area is 172 Å². The van der Waals surface area contributed by atoms with Gasteiger partial charge in [0.25, 0.3) is 11.5 Å². The van der Waals surface area contributed by atoms with Crippen LogP contribution >= 0.6 is 23.8 Å². The summed E-state index contributed by atoms with van der Waals surface area (Å²) in [7, 11) is 1.62. The second-order valence-electron chi connectivity index (χ2n) is 7.38. The maximum Gasteiger partial charge on any atom is 0.261 e. The molecule has 5 nitrogen and oxygen atoms in total. The molecule has 1 aliphatic rings. The van der Waals surface area contributed by atoms with E-state index in [1.54, 1.807) is 25.2 Å². The molecule has 28 heavy (non-hydrogen) atoms. The molecule has 1 aliphatic carbocycles. The van der Waals surface area contributed by atoms with Crippen molar-refractivity contribution in [3.05, 3.63) is 73.7 Å². The number of rotatable bonds is 4. The fraction of sp³-hybridized carbons (Fsp3) is 0.286. The van der Waals surface area contributed by atoms with E-state index in [0.29, 0.717) is 32.8 Å². The van der Waals surface area contributed by atoms with Crippen LogP contribution in [0.5, 0.6) is 0 Å². The molecular weight excluding hydrogens is 394 g/mol. The number of nitrogens with zero attached hydrogens (tertiary/aromatic N) is 1. The minimum Gasteiger partial charge on any atom is -0.351 e. The van der Waals surface area contributed by atoms with Gasteiger partial charge in [0, 0.05) is 29.6 Å². The molecule has 0 unspecified atom stereocenters. The molecule has 1 saturated carbocycles. The van der Waals surface area contributed by atoms with Gasteiger partial charge in [-0.25, -0.2) is 0 Å². The van der Waals surface area contributed by atoms with E-state index in [1.165, 1.54) is 10.1 Å². The molecule has 1 amide bonds. The van der Waals surface area contributed by atoms with E-state index in [-0.39, 0.29) is 16.9 Å². The van der Waals surface area contributed by atoms with Gasteiger partial charge in [-0.3, -0.25) is 14.2 Å². The lowest BCUT2D eigenvalue weighted by molar-refractivity contribution is 0.0928. The molecular formula is C21H20ClN3O2S. The fourth-order valence-electron chi connectivity index (χ4n) is 3.77. The number of benzene rings is 2. The Bertz CT molecular complexity index is 1180. The summed E-state index contributed by atoms with van der Waals surface area (Å²) in [6, 6.07) is 12.9. The Morgan fingerprint density at radius 2 is 1.96 bits per heavy atom. The number of hydrogen-bond donors (Lipinski definition) is 2. The average Bonchev–Trinajstić information content (AvgIpc) is 2.66. The zero-order valence-corrected chi connectivity index (χ0v) is 17.0. The van der Waals surface area contributed by atoms with Crippen LogP contribution in [-0.4, -0.2) is 22.0 Å². The molecule has 0 aliphatic heterocycles. The Kier molecular flexibility index (Phi) is 4.85. The molecule has 0 atom stereocenters. The first-order valence-corrected chi connectivity index (χ1v) is 9.96. The van der Waals surface area contributed by atoms with E-state index in [0.717, 1.165) is 19.3 Å². The van der Waals surface area contributed by atoms with Crippen LogP contribution < -0.4 is 10.9 Å². The third-order valence-electron chi connectivity index (χ3n) is 5.72. The number of aromatic amines is 1. The fourth-order valence-corrected chi connectivity index (χ4v) is 4.09. The largest absolute Gasteiger partial charge is 0.351 e. The monoisotopic (exact) mass is 413 g/mol. The van der Waals surface area contributed by atoms with E-state index < -0.39 is 0 Å². The number of fused-ring (bicyclic) bond motifs is 1. The van der Waals surface area contributed by atoms with Crippen LogP contribution in [0.1, 0.15) is 35.2 Å². The molecule has 144 valence electrons. The lowest BCUT2D eigenvalue weighted by Crippen LogP contribution is -2.45. The van der Waals surface area contributed by atoms with E-state index >= 15 is 0 Å². The van der Waals surface area contributed by atoms with Crippen LogP contribution in [-0.2, 0) is 12.5 Å². The third-order valence-corrected chi connectivity index (χ3v) is 6.35. The smallest absolute Gasteiger partial charge is 0.261 e. The van der Waals surface area contributed by atoms with Crippen molar-refractivity contribution in [1.82, 2.24) is 14.9 Å². The molecule has 0 bridgehead atoms. The number of carbonyl (C=O) groups is 1. The van der Waals surface area contributed by atoms with Crippen molar-refractivity contribution in [2.45, 2.75) is 24.7 Å². The second kappa shape index (κ2) is 7.18. The second-order valence-corrected chi connectivity index (χ2v) is 8.20. The van der Waals surface area contributed by atoms with Gasteiger partial charge in [-0.15, -0.1) is 0 Å². The Morgan fingerprint density at radius 3 is 2.61 bits per heavy atom. The predicted molar refractivity (Wildman–Crippen MR) is 114 cm³/mol. The SMILES string of the molecule is Cn1c(=S)[nH]c2cc(C(=O)NCC3(c4ccc(Cl)cc4)CCC3)ccc2c1=O. The molecule has 2 N–H and O–H groups in total. The summed E-state index contributed by atoms with van der Waals surface area (Å²) in [6.07, 6.45) is 3.22. The molecule has 2 aromatic carbocycles. The van der Waals surface area contributed by atoms with Gasteiger partial charge in [-0.2, -0.15) is 0 Å². The lowest BCUT2D eigenvalue weighted by Gasteiger charge is -2.42. The number of nitrogens with one attached hydrogen (secondary N) is 2. The van der Waals surface area contributed by atoms with Crippen LogP contribution in [0.25, 0.3) is 10.9 Å². The number of halogens is 1. The van der Waals surface area contributed by atoms with E-state index in [4.69, 9.17) is 23.8 Å². The van der Waals surface area contributed by atoms with Crippen molar-refractivity contribution in [2.75, 3.05) is 6.54 Å². The molecule has 1 aromatic heterocycles. The Morgan fingerprint density at radius 1 is 1.25 bits per heavy atom. The van der Waals surface area contributed by atoms with Crippen LogP contribution in [0.4, 0.5) is 0 Å². The first kappa shape index (κ1) is 18.9. The first-order valence-electron chi connectivity index (χ1n) is 9.17. The average molecular weight is 414 g/mol. The summed E-state index contributed by atoms with van der Waals surface area (Å²) in [6.45, 7) is 0.568. The van der Waals surface area contributed by atoms with E-state index in [9.17, 15) is 9.59 Å². The van der Waals surface area contributed by atoms with Crippen molar-refractivity contribution >= 4 is 40.6 Å². The van der Waals surface area contributed by atoms with Gasteiger partial charge >= 0.3 is 0 Å². The van der Waals surface area contributed by atoms with Crippen molar-refractivity contribution < 1.29 is 4.79 Å². The number of H-pyrrole nitrogens is 1. The minimum absolute atomic E-state index is 0.0348. The zero-order chi connectivity index (χ0) is 19.9. The Balaban J connectivity index is 1.56. The molecule has 7 heteroatoms. The highest BCUT2D eigenvalue weighted by atomic mass is 35.5. The van der Waals surface area contributed by atoms with Crippen molar-refractivity contribution in [3.8, 4) is 0 Å². The van der Waals surface area contributed by atoms with Crippen molar-refractivity contribution in [3.63, 3.8) is 0 Å². The molecule has 4 rings (SSSR count). The number of carbonyl (C=O) groups excluding carboxylic acids is 1. The highest BCUT2D eigenvalue weighted by molar-refractivity contribution is 7.71. The van der Waals surface area contributed by atoms with Crippen molar-refractivity contribution in [2.24, 2.45) is 7.05 Å². The van der Waals surface area contributed by atoms with Gasteiger partial charge in [-0.05, 0) is 61.0 Å². The minimum atomic E-state index is -0.179. The van der Waals surface area contributed by atoms with E-state index in [1.807, 2.05) is 24.3 Å². The topological polar surface area (TPSA) is 66.9 Å². The summed E-state index contributed by atoms with van der Waals surface area (Å²) in [5.41, 5.74) is 2.05. The number of aromatic nitrogens is 2. The van der Waals surface area contributed by atoms with Gasteiger partial charge in [0.1, 0.15) is 0 Å². The summed E-state index contributed by atoms with van der Waals surface area (Å²) in [5, 5.41) is 4.28. The van der Waals surface area contributed by atoms with Gasteiger partial charge < -0.3 is 10.3 Å². The van der Waals surface area contributed by atoms with Gasteiger partial charge in [0.15, 0.2) is 4.77 Å². The molecule has 3 aromatic rings. The first-order chi connectivity index (χ1) is 13.4. The Hall–Kier alpha value is -2.44. The molecule has 0 saturated heterocycles. The highest BCUT2D eigenvalue weighted by Crippen LogP contribution is 2.43. The highest BCUT2D eigenvalue weighted by Gasteiger charge is 2.38. The van der Waals surface area contributed by atoms with Gasteiger partial charge in [-0.1, -0.05) is 30.2 Å². The standard InChI is InChI=1S/C21H20ClN3O2S/c1-25-19(27)16-8-3-13(11-17(16)24-20(25)28)18(26)23-12-21(9-2-10-21)14-4-6-15(22)7-5-14/h3-8,11H,2,9-10,12H2,1H3,(H,23,26)(H,24,28). The molecule has 1 fully saturated rings. The molecule has 0 spiro atoms. The van der Waals surface area contributed by atoms with Crippen LogP contribution in [0.15, 0.2) is 47.3 Å². The van der Waals surface area contributed by atoms with Crippen LogP contribution in [0, 0.1) is 4.77 Å². The summed E-state index contributed by atoms with van der Waals surface area (Å²) in [5.74, 6) is -0.165. The third kappa shape index (κ3) is 3.27. The van der Waals surface area contributed by atoms with Crippen molar-refractivity contribution in [1.29, 1.82) is 0 Å². The maximum absolute atomic E-state index is 12.7. The maximum atomic E-state index is 12.7. The number of amides is 1. The van der Waals surface area contributed by atoms with Gasteiger partial charge in [0.05, 0.1) is 10.9 Å². The lowest BCUT2D eigenvalue weighted by atomic mass is 9.64. The van der Waals surface area contributed by atoms with Gasteiger partial charge in [0.2, 0.25) is 0 Å². The summed E-state index contributed by atoms with van der Waals surface area (Å²) < 4.78 is 1.70. The summed E-state index contributed by atoms with van der Waals surface area (Å²) in [4.78, 5) is 28.0. The normalized spacial score (nSPS) is 15.2. The zero-order valence-electron chi connectivity index (χ0n) is 15.4. The molecule has 0 radical (unpaired) electrons. The summed E-state index contributed by atoms with van der Waals surface area (Å²) >= 11 is 11.2. The number of hydrogen-bond acceptors (Lipinski definition) is 3. The van der Waals surface area contributed by atoms with Crippen LogP contribution in [0.2, 0.25) is 5.02 Å².